The first-order valence-electron chi connectivity index (χ1n) is 5.47. The Kier molecular flexibility index (Phi) is 4.33. The molecule has 0 aliphatic rings. The van der Waals surface area contributed by atoms with E-state index in [1.165, 1.54) is 17.6 Å². The van der Waals surface area contributed by atoms with Gasteiger partial charge in [0.1, 0.15) is 0 Å². The highest BCUT2D eigenvalue weighted by Crippen LogP contribution is 2.19. The van der Waals surface area contributed by atoms with E-state index in [2.05, 4.69) is 38.6 Å². The second-order valence-corrected chi connectivity index (χ2v) is 4.83. The van der Waals surface area contributed by atoms with Crippen LogP contribution >= 0.6 is 22.9 Å². The highest BCUT2D eigenvalue weighted by Gasteiger charge is 2.06. The van der Waals surface area contributed by atoms with Crippen molar-refractivity contribution in [1.29, 1.82) is 0 Å². The number of methoxy groups -OCH3 is 1. The normalized spacial score (nSPS) is 10.4. The summed E-state index contributed by atoms with van der Waals surface area (Å²) in [5.41, 5.74) is 1.33. The van der Waals surface area contributed by atoms with Crippen LogP contribution in [0.3, 0.4) is 0 Å². The molecule has 18 heavy (non-hydrogen) atoms. The molecule has 0 aliphatic carbocycles. The van der Waals surface area contributed by atoms with Gasteiger partial charge in [0.25, 0.3) is 0 Å². The predicted octanol–water partition coefficient (Wildman–Crippen LogP) is 2.77. The smallest absolute Gasteiger partial charge is 0.322 e. The zero-order valence-electron chi connectivity index (χ0n) is 10.1. The molecule has 2 rings (SSSR count). The van der Waals surface area contributed by atoms with Crippen molar-refractivity contribution in [1.82, 2.24) is 15.0 Å². The number of thiophene rings is 1. The molecule has 0 saturated carbocycles. The Morgan fingerprint density at radius 3 is 2.94 bits per heavy atom. The van der Waals surface area contributed by atoms with E-state index in [-0.39, 0.29) is 11.3 Å². The fourth-order valence-corrected chi connectivity index (χ4v) is 2.57. The van der Waals surface area contributed by atoms with Crippen LogP contribution in [0.5, 0.6) is 6.01 Å². The Morgan fingerprint density at radius 2 is 2.22 bits per heavy atom. The molecule has 0 aliphatic heterocycles. The number of aromatic nitrogens is 3. The van der Waals surface area contributed by atoms with Crippen molar-refractivity contribution in [2.45, 2.75) is 19.9 Å². The van der Waals surface area contributed by atoms with Gasteiger partial charge in [-0.1, -0.05) is 6.92 Å². The highest BCUT2D eigenvalue weighted by atomic mass is 35.5. The highest BCUT2D eigenvalue weighted by molar-refractivity contribution is 7.10. The largest absolute Gasteiger partial charge is 0.467 e. The number of hydrogen-bond acceptors (Lipinski definition) is 6. The van der Waals surface area contributed by atoms with Gasteiger partial charge in [0, 0.05) is 4.88 Å². The average Bonchev–Trinajstić information content (AvgIpc) is 2.83. The van der Waals surface area contributed by atoms with E-state index in [1.807, 2.05) is 0 Å². The fourth-order valence-electron chi connectivity index (χ4n) is 1.50. The Bertz CT molecular complexity index is 532. The Hall–Kier alpha value is -1.40. The summed E-state index contributed by atoms with van der Waals surface area (Å²) in [6.07, 6.45) is 1.02. The van der Waals surface area contributed by atoms with Crippen molar-refractivity contribution in [2.75, 3.05) is 12.4 Å². The molecule has 1 N–H and O–H groups in total. The number of rotatable bonds is 5. The van der Waals surface area contributed by atoms with Gasteiger partial charge >= 0.3 is 6.01 Å². The minimum Gasteiger partial charge on any atom is -0.467 e. The third-order valence-corrected chi connectivity index (χ3v) is 3.53. The second kappa shape index (κ2) is 5.97. The molecule has 0 unspecified atom stereocenters. The zero-order chi connectivity index (χ0) is 13.0. The summed E-state index contributed by atoms with van der Waals surface area (Å²) in [6, 6.07) is 2.34. The number of aryl methyl sites for hydroxylation is 1. The van der Waals surface area contributed by atoms with Gasteiger partial charge < -0.3 is 10.1 Å². The monoisotopic (exact) mass is 284 g/mol. The topological polar surface area (TPSA) is 59.9 Å². The summed E-state index contributed by atoms with van der Waals surface area (Å²) in [5, 5.41) is 5.32. The van der Waals surface area contributed by atoms with Crippen LogP contribution in [0.1, 0.15) is 17.4 Å². The lowest BCUT2D eigenvalue weighted by atomic mass is 10.2. The van der Waals surface area contributed by atoms with Crippen LogP contribution in [0.4, 0.5) is 5.95 Å². The Morgan fingerprint density at radius 1 is 1.39 bits per heavy atom. The number of nitrogens with one attached hydrogen (secondary N) is 1. The molecule has 0 saturated heterocycles. The number of nitrogens with zero attached hydrogens (tertiary/aromatic N) is 3. The van der Waals surface area contributed by atoms with Crippen LogP contribution < -0.4 is 10.1 Å². The van der Waals surface area contributed by atoms with Gasteiger partial charge in [-0.25, -0.2) is 0 Å². The molecule has 7 heteroatoms. The molecule has 96 valence electrons. The van der Waals surface area contributed by atoms with Gasteiger partial charge in [0.2, 0.25) is 11.2 Å². The first-order chi connectivity index (χ1) is 8.72. The first kappa shape index (κ1) is 13.0. The SMILES string of the molecule is CCc1ccsc1CNc1nc(Cl)nc(OC)n1. The average molecular weight is 285 g/mol. The summed E-state index contributed by atoms with van der Waals surface area (Å²) in [5.74, 6) is 0.419. The maximum Gasteiger partial charge on any atom is 0.322 e. The third-order valence-electron chi connectivity index (χ3n) is 2.40. The van der Waals surface area contributed by atoms with Crippen molar-refractivity contribution < 1.29 is 4.74 Å². The van der Waals surface area contributed by atoms with E-state index in [1.54, 1.807) is 11.3 Å². The minimum absolute atomic E-state index is 0.117. The van der Waals surface area contributed by atoms with Gasteiger partial charge in [-0.05, 0) is 35.0 Å². The van der Waals surface area contributed by atoms with E-state index >= 15 is 0 Å². The molecule has 0 bridgehead atoms. The molecule has 2 aromatic rings. The van der Waals surface area contributed by atoms with Gasteiger partial charge in [-0.3, -0.25) is 0 Å². The van der Waals surface area contributed by atoms with Crippen LogP contribution in [-0.2, 0) is 13.0 Å². The van der Waals surface area contributed by atoms with Crippen LogP contribution in [-0.4, -0.2) is 22.1 Å². The van der Waals surface area contributed by atoms with Crippen molar-refractivity contribution in [3.8, 4) is 6.01 Å². The molecule has 0 atom stereocenters. The summed E-state index contributed by atoms with van der Waals surface area (Å²) in [6.45, 7) is 2.80. The van der Waals surface area contributed by atoms with E-state index in [0.29, 0.717) is 12.5 Å². The Labute approximate surface area is 114 Å². The van der Waals surface area contributed by atoms with Crippen molar-refractivity contribution in [3.05, 3.63) is 27.2 Å². The molecule has 5 nitrogen and oxygen atoms in total. The lowest BCUT2D eigenvalue weighted by Gasteiger charge is -2.06. The van der Waals surface area contributed by atoms with E-state index in [9.17, 15) is 0 Å². The minimum atomic E-state index is 0.117. The molecule has 2 heterocycles. The van der Waals surface area contributed by atoms with Crippen molar-refractivity contribution in [2.24, 2.45) is 0 Å². The van der Waals surface area contributed by atoms with E-state index in [4.69, 9.17) is 16.3 Å². The molecule has 2 aromatic heterocycles. The molecule has 0 radical (unpaired) electrons. The van der Waals surface area contributed by atoms with E-state index < -0.39 is 0 Å². The molecular formula is C11H13ClN4OS. The van der Waals surface area contributed by atoms with Crippen LogP contribution in [0.15, 0.2) is 11.4 Å². The summed E-state index contributed by atoms with van der Waals surface area (Å²) < 4.78 is 4.93. The predicted molar refractivity (Wildman–Crippen MR) is 72.4 cm³/mol. The zero-order valence-corrected chi connectivity index (χ0v) is 11.7. The second-order valence-electron chi connectivity index (χ2n) is 3.49. The molecule has 0 fully saturated rings. The maximum atomic E-state index is 5.77. The quantitative estimate of drug-likeness (QED) is 0.915. The van der Waals surface area contributed by atoms with Crippen LogP contribution in [0, 0.1) is 0 Å². The molecule has 0 spiro atoms. The van der Waals surface area contributed by atoms with Crippen LogP contribution in [0.2, 0.25) is 5.28 Å². The maximum absolute atomic E-state index is 5.77. The number of anilines is 1. The summed E-state index contributed by atoms with van der Waals surface area (Å²) in [4.78, 5) is 13.2. The van der Waals surface area contributed by atoms with E-state index in [0.717, 1.165) is 6.42 Å². The molecule has 0 amide bonds. The lowest BCUT2D eigenvalue weighted by molar-refractivity contribution is 0.379. The number of halogens is 1. The van der Waals surface area contributed by atoms with Crippen molar-refractivity contribution in [3.63, 3.8) is 0 Å². The fraction of sp³-hybridized carbons (Fsp3) is 0.364. The number of hydrogen-bond donors (Lipinski definition) is 1. The van der Waals surface area contributed by atoms with Crippen LogP contribution in [0.25, 0.3) is 0 Å². The third kappa shape index (κ3) is 3.08. The summed E-state index contributed by atoms with van der Waals surface area (Å²) >= 11 is 7.48. The number of ether oxygens (including phenoxy) is 1. The van der Waals surface area contributed by atoms with Gasteiger partial charge in [-0.15, -0.1) is 11.3 Å². The van der Waals surface area contributed by atoms with Gasteiger partial charge in [-0.2, -0.15) is 15.0 Å². The lowest BCUT2D eigenvalue weighted by Crippen LogP contribution is -2.06. The standard InChI is InChI=1S/C11H13ClN4OS/c1-3-7-4-5-18-8(7)6-13-10-14-9(12)15-11(16-10)17-2/h4-5H,3,6H2,1-2H3,(H,13,14,15,16). The van der Waals surface area contributed by atoms with Crippen molar-refractivity contribution >= 4 is 28.9 Å². The van der Waals surface area contributed by atoms with Gasteiger partial charge in [0.15, 0.2) is 0 Å². The summed E-state index contributed by atoms with van der Waals surface area (Å²) in [7, 11) is 1.49. The van der Waals surface area contributed by atoms with Gasteiger partial charge in [0.05, 0.1) is 13.7 Å². The first-order valence-corrected chi connectivity index (χ1v) is 6.73. The molecule has 0 aromatic carbocycles. The molecular weight excluding hydrogens is 272 g/mol. The Balaban J connectivity index is 2.08.